The first-order chi connectivity index (χ1) is 47.9. The van der Waals surface area contributed by atoms with E-state index in [1.165, 1.54) is 194 Å². The molecule has 8 rings (SSSR count). The molecule has 0 aromatic carbocycles. The monoisotopic (exact) mass is 1500 g/mol. The molecule has 0 aromatic rings. The summed E-state index contributed by atoms with van der Waals surface area (Å²) in [6.07, 6.45) is 29.2. The quantitative estimate of drug-likeness (QED) is 0.256. The van der Waals surface area contributed by atoms with Crippen LogP contribution in [0.5, 0.6) is 0 Å². The lowest BCUT2D eigenvalue weighted by atomic mass is 9.75. The maximum atomic E-state index is 2.72. The summed E-state index contributed by atoms with van der Waals surface area (Å²) in [5, 5.41) is 0. The summed E-state index contributed by atoms with van der Waals surface area (Å²) in [5.41, 5.74) is 4.69. The minimum Gasteiger partial charge on any atom is -0.298 e. The van der Waals surface area contributed by atoms with Crippen molar-refractivity contribution in [2.45, 2.75) is 554 Å². The second-order valence-electron chi connectivity index (χ2n) is 45.4. The number of hydrogen-bond acceptors (Lipinski definition) is 8. The van der Waals surface area contributed by atoms with E-state index in [2.05, 4.69) is 316 Å². The maximum absolute atomic E-state index is 2.72. The van der Waals surface area contributed by atoms with E-state index in [9.17, 15) is 0 Å². The molecular weight excluding hydrogens is 1290 g/mol. The first-order valence-corrected chi connectivity index (χ1v) is 46.1. The third-order valence-electron chi connectivity index (χ3n) is 23.6. The molecule has 8 heteroatoms. The molecule has 8 fully saturated rings. The molecule has 8 nitrogen and oxygen atoms in total. The molecule has 0 aliphatic carbocycles. The van der Waals surface area contributed by atoms with Crippen LogP contribution in [0.15, 0.2) is 0 Å². The van der Waals surface area contributed by atoms with Gasteiger partial charge in [0.05, 0.1) is 0 Å². The molecule has 106 heavy (non-hydrogen) atoms. The lowest BCUT2D eigenvalue weighted by Gasteiger charge is -2.50. The molecule has 8 aliphatic heterocycles. The summed E-state index contributed by atoms with van der Waals surface area (Å²) in [6, 6.07) is 5.54. The fourth-order valence-corrected chi connectivity index (χ4v) is 18.3. The topological polar surface area (TPSA) is 25.9 Å². The van der Waals surface area contributed by atoms with Crippen LogP contribution in [0.1, 0.15) is 467 Å². The fraction of sp³-hybridized carbons (Fsp3) is 1.00. The van der Waals surface area contributed by atoms with Crippen molar-refractivity contribution < 1.29 is 0 Å². The standard InChI is InChI=1S/C14H29N.2C13H27N.C12H25N.2C10H21N.2C9H19N.4C2H6/c1-13(2,3)11-12-9-7-8-10-15(12)14(4,5)6;1-12(2,3)11-8-7-9-14(10-11)13(4,5)6;1-12(2,3)11-9-7-8-10-14(11)13(4,5)6;1-11(2,3)10-8-7-9-13(10)12(4,5)6;2*1-9-7-5-6-8-11(9)10(2,3)4;2*1-8-6-5-7-10(8)9(2,3)4;4*1-2/h12H,7-11H2,1-6H3;2*11H,7-10H2,1-6H3;10H,7-9H2,1-6H3;2*9H,5-8H2,1-4H3;2*8H,5-7H2,1-4H3;4*1-2H3/t;;;;9-;;2*8-;;;;/m....0.10..../s1. The summed E-state index contributed by atoms with van der Waals surface area (Å²) in [6.45, 7) is 121. The highest BCUT2D eigenvalue weighted by Gasteiger charge is 2.41. The first kappa shape index (κ1) is 112. The third kappa shape index (κ3) is 45.7. The zero-order valence-electron chi connectivity index (χ0n) is 83.4. The van der Waals surface area contributed by atoms with Crippen molar-refractivity contribution in [2.24, 2.45) is 27.6 Å². The lowest BCUT2D eigenvalue weighted by Crippen LogP contribution is -2.55. The van der Waals surface area contributed by atoms with Gasteiger partial charge in [0.1, 0.15) is 0 Å². The van der Waals surface area contributed by atoms with Crippen LogP contribution >= 0.6 is 0 Å². The van der Waals surface area contributed by atoms with Gasteiger partial charge in [-0.05, 0) is 383 Å². The van der Waals surface area contributed by atoms with Crippen molar-refractivity contribution in [3.05, 3.63) is 0 Å². The Bertz CT molecular complexity index is 1970. The van der Waals surface area contributed by atoms with Crippen LogP contribution in [0.4, 0.5) is 0 Å². The van der Waals surface area contributed by atoms with Gasteiger partial charge in [-0.1, -0.05) is 164 Å². The van der Waals surface area contributed by atoms with Crippen LogP contribution in [0.2, 0.25) is 0 Å². The highest BCUT2D eigenvalue weighted by molar-refractivity contribution is 4.96. The van der Waals surface area contributed by atoms with E-state index >= 15 is 0 Å². The Balaban J connectivity index is -0.000000555. The Hall–Kier alpha value is -0.320. The van der Waals surface area contributed by atoms with E-state index in [0.717, 1.165) is 48.2 Å². The molecule has 0 spiro atoms. The van der Waals surface area contributed by atoms with E-state index in [-0.39, 0.29) is 0 Å². The minimum atomic E-state index is 0.332. The third-order valence-corrected chi connectivity index (χ3v) is 23.6. The highest BCUT2D eigenvalue weighted by Crippen LogP contribution is 2.40. The molecule has 0 saturated carbocycles. The summed E-state index contributed by atoms with van der Waals surface area (Å²) < 4.78 is 0. The number of likely N-dealkylation sites (tertiary alicyclic amines) is 8. The molecule has 644 valence electrons. The van der Waals surface area contributed by atoms with Gasteiger partial charge < -0.3 is 0 Å². The van der Waals surface area contributed by atoms with Crippen molar-refractivity contribution in [2.75, 3.05) is 58.9 Å². The highest BCUT2D eigenvalue weighted by atomic mass is 15.3. The van der Waals surface area contributed by atoms with E-state index in [4.69, 9.17) is 0 Å². The number of rotatable bonds is 1. The van der Waals surface area contributed by atoms with Crippen molar-refractivity contribution in [3.63, 3.8) is 0 Å². The molecule has 8 heterocycles. The lowest BCUT2D eigenvalue weighted by molar-refractivity contribution is -0.00414. The van der Waals surface area contributed by atoms with E-state index < -0.39 is 0 Å². The molecular formula is C98H212N8. The van der Waals surface area contributed by atoms with Gasteiger partial charge in [0.2, 0.25) is 0 Å². The van der Waals surface area contributed by atoms with Gasteiger partial charge >= 0.3 is 0 Å². The summed E-state index contributed by atoms with van der Waals surface area (Å²) in [5.74, 6) is 0.871. The molecule has 5 unspecified atom stereocenters. The van der Waals surface area contributed by atoms with Crippen molar-refractivity contribution >= 4 is 0 Å². The van der Waals surface area contributed by atoms with Crippen LogP contribution in [0.3, 0.4) is 0 Å². The molecule has 0 bridgehead atoms. The van der Waals surface area contributed by atoms with Crippen LogP contribution in [0.25, 0.3) is 0 Å². The Labute approximate surface area is 675 Å². The Morgan fingerprint density at radius 3 is 0.679 bits per heavy atom. The Morgan fingerprint density at radius 1 is 0.217 bits per heavy atom. The maximum Gasteiger partial charge on any atom is 0.0149 e. The molecule has 0 amide bonds. The van der Waals surface area contributed by atoms with Crippen molar-refractivity contribution in [3.8, 4) is 0 Å². The Morgan fingerprint density at radius 2 is 0.443 bits per heavy atom. The van der Waals surface area contributed by atoms with Crippen LogP contribution < -0.4 is 0 Å². The summed E-state index contributed by atoms with van der Waals surface area (Å²) in [7, 11) is 0. The summed E-state index contributed by atoms with van der Waals surface area (Å²) >= 11 is 0. The molecule has 0 N–H and O–H groups in total. The average molecular weight is 1500 g/mol. The SMILES string of the molecule is CC.CC.CC.CC.CC(C)(C)C1CCCCN1C(C)(C)C.CC(C)(C)C1CCCN(C(C)(C)C)C1.CC(C)(C)C1CCCN1C(C)(C)C.CC(C)(C)CC1CCCCN1C(C)(C)C.CC1CCCCN1C(C)(C)C.C[C@@H]1CCCN1C(C)(C)C.C[C@H]1CCCCN1C(C)(C)C.C[C@H]1CCCN1C(C)(C)C. The molecule has 8 saturated heterocycles. The van der Waals surface area contributed by atoms with Gasteiger partial charge in [-0.3, -0.25) is 39.2 Å². The number of piperidine rings is 5. The first-order valence-electron chi connectivity index (χ1n) is 46.1. The fourth-order valence-electron chi connectivity index (χ4n) is 18.3. The van der Waals surface area contributed by atoms with Gasteiger partial charge in [-0.25, -0.2) is 0 Å². The predicted molar refractivity (Wildman–Crippen MR) is 489 cm³/mol. The van der Waals surface area contributed by atoms with Crippen LogP contribution in [-0.2, 0) is 0 Å². The molecule has 8 aliphatic rings. The zero-order chi connectivity index (χ0) is 84.5. The normalized spacial score (nSPS) is 25.7. The predicted octanol–water partition coefficient (Wildman–Crippen LogP) is 28.6. The van der Waals surface area contributed by atoms with Gasteiger partial charge in [0.25, 0.3) is 0 Å². The smallest absolute Gasteiger partial charge is 0.0149 e. The Kier molecular flexibility index (Phi) is 53.1. The average Bonchev–Trinajstić information content (AvgIpc) is 1.61. The van der Waals surface area contributed by atoms with E-state index in [1.54, 1.807) is 0 Å². The van der Waals surface area contributed by atoms with Gasteiger partial charge in [0.15, 0.2) is 0 Å². The molecule has 8 atom stereocenters. The number of nitrogens with zero attached hydrogens (tertiary/aromatic N) is 8. The van der Waals surface area contributed by atoms with E-state index in [1.807, 2.05) is 55.4 Å². The largest absolute Gasteiger partial charge is 0.298 e. The summed E-state index contributed by atoms with van der Waals surface area (Å²) in [4.78, 5) is 21.2. The molecule has 0 aromatic heterocycles. The zero-order valence-corrected chi connectivity index (χ0v) is 83.4. The minimum absolute atomic E-state index is 0.332. The van der Waals surface area contributed by atoms with Gasteiger partial charge in [-0.15, -0.1) is 0 Å². The van der Waals surface area contributed by atoms with E-state index in [0.29, 0.717) is 66.0 Å². The second kappa shape index (κ2) is 50.2. The molecule has 0 radical (unpaired) electrons. The van der Waals surface area contributed by atoms with Crippen molar-refractivity contribution in [1.29, 1.82) is 0 Å². The van der Waals surface area contributed by atoms with Gasteiger partial charge in [0, 0.05) is 93.1 Å². The van der Waals surface area contributed by atoms with Gasteiger partial charge in [-0.2, -0.15) is 0 Å². The van der Waals surface area contributed by atoms with Crippen LogP contribution in [-0.4, -0.2) is 185 Å². The second-order valence-corrected chi connectivity index (χ2v) is 45.4. The number of hydrogen-bond donors (Lipinski definition) is 0. The van der Waals surface area contributed by atoms with Crippen LogP contribution in [0, 0.1) is 27.6 Å². The van der Waals surface area contributed by atoms with Crippen molar-refractivity contribution in [1.82, 2.24) is 39.2 Å².